The van der Waals surface area contributed by atoms with Gasteiger partial charge in [0.25, 0.3) is 5.91 Å². The molecule has 2 aromatic rings. The first-order chi connectivity index (χ1) is 10.3. The molecule has 0 aliphatic heterocycles. The van der Waals surface area contributed by atoms with Gasteiger partial charge in [-0.25, -0.2) is 0 Å². The number of hydrogen-bond acceptors (Lipinski definition) is 4. The number of nitro groups is 1. The summed E-state index contributed by atoms with van der Waals surface area (Å²) in [4.78, 5) is 22.9. The van der Waals surface area contributed by atoms with Crippen molar-refractivity contribution in [2.24, 2.45) is 7.05 Å². The van der Waals surface area contributed by atoms with E-state index in [0.29, 0.717) is 5.69 Å². The summed E-state index contributed by atoms with van der Waals surface area (Å²) in [6, 6.07) is 5.75. The molecule has 1 aromatic carbocycles. The molecule has 1 heterocycles. The molecule has 22 heavy (non-hydrogen) atoms. The van der Waals surface area contributed by atoms with Crippen LogP contribution >= 0.6 is 0 Å². The lowest BCUT2D eigenvalue weighted by atomic mass is 9.98. The molecule has 0 fully saturated rings. The number of carbonyl (C=O) groups is 1. The molecule has 1 aromatic heterocycles. The quantitative estimate of drug-likeness (QED) is 0.694. The van der Waals surface area contributed by atoms with Gasteiger partial charge >= 0.3 is 5.69 Å². The van der Waals surface area contributed by atoms with Crippen molar-refractivity contribution in [2.45, 2.75) is 26.7 Å². The Hall–Kier alpha value is -2.70. The maximum atomic E-state index is 12.5. The highest BCUT2D eigenvalue weighted by molar-refractivity contribution is 6.06. The Balaban J connectivity index is 2.43. The standard InChI is InChI=1S/C15H18N4O3/c1-9(2)11-7-5-6-10(3)13(11)17-15(20)14-12(19(21)22)8-16-18(14)4/h5-9H,1-4H3,(H,17,20). The van der Waals surface area contributed by atoms with Crippen molar-refractivity contribution in [3.05, 3.63) is 51.3 Å². The Morgan fingerprint density at radius 1 is 1.41 bits per heavy atom. The summed E-state index contributed by atoms with van der Waals surface area (Å²) in [5, 5.41) is 17.6. The minimum Gasteiger partial charge on any atom is -0.320 e. The van der Waals surface area contributed by atoms with E-state index in [2.05, 4.69) is 10.4 Å². The summed E-state index contributed by atoms with van der Waals surface area (Å²) in [5.41, 5.74) is 2.21. The number of para-hydroxylation sites is 1. The topological polar surface area (TPSA) is 90.1 Å². The van der Waals surface area contributed by atoms with Gasteiger partial charge in [0.15, 0.2) is 0 Å². The van der Waals surface area contributed by atoms with E-state index >= 15 is 0 Å². The lowest BCUT2D eigenvalue weighted by molar-refractivity contribution is -0.385. The first-order valence-electron chi connectivity index (χ1n) is 6.90. The molecule has 0 saturated heterocycles. The number of hydrogen-bond donors (Lipinski definition) is 1. The van der Waals surface area contributed by atoms with Crippen LogP contribution < -0.4 is 5.32 Å². The molecule has 1 N–H and O–H groups in total. The fraction of sp³-hybridized carbons (Fsp3) is 0.333. The van der Waals surface area contributed by atoms with Crippen molar-refractivity contribution in [3.63, 3.8) is 0 Å². The Labute approximate surface area is 128 Å². The maximum absolute atomic E-state index is 12.5. The summed E-state index contributed by atoms with van der Waals surface area (Å²) in [6.07, 6.45) is 1.08. The van der Waals surface area contributed by atoms with Crippen molar-refractivity contribution in [2.75, 3.05) is 5.32 Å². The van der Waals surface area contributed by atoms with Crippen LogP contribution in [0.1, 0.15) is 41.4 Å². The third-order valence-corrected chi connectivity index (χ3v) is 3.50. The number of benzene rings is 1. The van der Waals surface area contributed by atoms with E-state index in [-0.39, 0.29) is 17.3 Å². The molecule has 0 unspecified atom stereocenters. The van der Waals surface area contributed by atoms with Gasteiger partial charge in [-0.3, -0.25) is 19.6 Å². The lowest BCUT2D eigenvalue weighted by Gasteiger charge is -2.16. The highest BCUT2D eigenvalue weighted by Crippen LogP contribution is 2.28. The average Bonchev–Trinajstić information content (AvgIpc) is 2.82. The largest absolute Gasteiger partial charge is 0.320 e. The van der Waals surface area contributed by atoms with Crippen LogP contribution in [0.4, 0.5) is 11.4 Å². The fourth-order valence-electron chi connectivity index (χ4n) is 2.34. The first kappa shape index (κ1) is 15.7. The van der Waals surface area contributed by atoms with E-state index in [1.165, 1.54) is 11.7 Å². The Morgan fingerprint density at radius 2 is 2.09 bits per heavy atom. The number of nitrogens with zero attached hydrogens (tertiary/aromatic N) is 3. The number of amides is 1. The molecule has 1 amide bonds. The van der Waals surface area contributed by atoms with Crippen LogP contribution in [0.2, 0.25) is 0 Å². The molecule has 116 valence electrons. The molecule has 0 bridgehead atoms. The smallest absolute Gasteiger partial charge is 0.320 e. The van der Waals surface area contributed by atoms with Gasteiger partial charge < -0.3 is 5.32 Å². The molecule has 2 rings (SSSR count). The molecule has 7 heteroatoms. The lowest BCUT2D eigenvalue weighted by Crippen LogP contribution is -2.19. The van der Waals surface area contributed by atoms with E-state index in [1.54, 1.807) is 0 Å². The van der Waals surface area contributed by atoms with Crippen LogP contribution in [-0.4, -0.2) is 20.6 Å². The van der Waals surface area contributed by atoms with Crippen LogP contribution in [0.15, 0.2) is 24.4 Å². The summed E-state index contributed by atoms with van der Waals surface area (Å²) < 4.78 is 1.21. The fourth-order valence-corrected chi connectivity index (χ4v) is 2.34. The number of rotatable bonds is 4. The number of carbonyl (C=O) groups excluding carboxylic acids is 1. The second-order valence-electron chi connectivity index (χ2n) is 5.41. The van der Waals surface area contributed by atoms with Gasteiger partial charge in [-0.05, 0) is 24.0 Å². The van der Waals surface area contributed by atoms with Crippen molar-refractivity contribution in [1.82, 2.24) is 9.78 Å². The molecular weight excluding hydrogens is 284 g/mol. The van der Waals surface area contributed by atoms with E-state index < -0.39 is 10.8 Å². The Morgan fingerprint density at radius 3 is 2.68 bits per heavy atom. The van der Waals surface area contributed by atoms with Crippen LogP contribution in [0.5, 0.6) is 0 Å². The van der Waals surface area contributed by atoms with Gasteiger partial charge in [-0.15, -0.1) is 0 Å². The Kier molecular flexibility index (Phi) is 4.25. The van der Waals surface area contributed by atoms with Crippen molar-refractivity contribution in [1.29, 1.82) is 0 Å². The van der Waals surface area contributed by atoms with Gasteiger partial charge in [-0.2, -0.15) is 5.10 Å². The zero-order valence-corrected chi connectivity index (χ0v) is 13.0. The van der Waals surface area contributed by atoms with Gasteiger partial charge in [0, 0.05) is 12.7 Å². The Bertz CT molecular complexity index is 734. The maximum Gasteiger partial charge on any atom is 0.320 e. The molecule has 0 aliphatic rings. The van der Waals surface area contributed by atoms with E-state index in [9.17, 15) is 14.9 Å². The predicted molar refractivity (Wildman–Crippen MR) is 83.1 cm³/mol. The predicted octanol–water partition coefficient (Wildman–Crippen LogP) is 3.01. The molecule has 0 aliphatic carbocycles. The van der Waals surface area contributed by atoms with Gasteiger partial charge in [0.05, 0.1) is 4.92 Å². The average molecular weight is 302 g/mol. The summed E-state index contributed by atoms with van der Waals surface area (Å²) >= 11 is 0. The molecular formula is C15H18N4O3. The van der Waals surface area contributed by atoms with Crippen molar-refractivity contribution in [3.8, 4) is 0 Å². The van der Waals surface area contributed by atoms with Gasteiger partial charge in [0.2, 0.25) is 5.69 Å². The zero-order chi connectivity index (χ0) is 16.4. The van der Waals surface area contributed by atoms with Crippen LogP contribution in [0.25, 0.3) is 0 Å². The van der Waals surface area contributed by atoms with Crippen LogP contribution in [0, 0.1) is 17.0 Å². The number of aryl methyl sites for hydroxylation is 2. The van der Waals surface area contributed by atoms with Gasteiger partial charge in [0.1, 0.15) is 6.20 Å². The minimum atomic E-state index is -0.608. The highest BCUT2D eigenvalue weighted by Gasteiger charge is 2.26. The first-order valence-corrected chi connectivity index (χ1v) is 6.90. The van der Waals surface area contributed by atoms with E-state index in [4.69, 9.17) is 0 Å². The zero-order valence-electron chi connectivity index (χ0n) is 13.0. The monoisotopic (exact) mass is 302 g/mol. The second-order valence-corrected chi connectivity index (χ2v) is 5.41. The normalized spacial score (nSPS) is 10.8. The van der Waals surface area contributed by atoms with E-state index in [0.717, 1.165) is 17.3 Å². The van der Waals surface area contributed by atoms with Gasteiger partial charge in [-0.1, -0.05) is 32.0 Å². The molecule has 7 nitrogen and oxygen atoms in total. The highest BCUT2D eigenvalue weighted by atomic mass is 16.6. The summed E-state index contributed by atoms with van der Waals surface area (Å²) in [5.74, 6) is -0.320. The SMILES string of the molecule is Cc1cccc(C(C)C)c1NC(=O)c1c([N+](=O)[O-])cnn1C. The third kappa shape index (κ3) is 2.83. The van der Waals surface area contributed by atoms with Crippen molar-refractivity contribution >= 4 is 17.3 Å². The second kappa shape index (κ2) is 5.97. The summed E-state index contributed by atoms with van der Waals surface area (Å²) in [6.45, 7) is 5.94. The number of anilines is 1. The molecule has 0 spiro atoms. The number of nitrogens with one attached hydrogen (secondary N) is 1. The van der Waals surface area contributed by atoms with Crippen LogP contribution in [0.3, 0.4) is 0 Å². The molecule has 0 saturated carbocycles. The van der Waals surface area contributed by atoms with Crippen molar-refractivity contribution < 1.29 is 9.72 Å². The third-order valence-electron chi connectivity index (χ3n) is 3.50. The van der Waals surface area contributed by atoms with E-state index in [1.807, 2.05) is 39.0 Å². The minimum absolute atomic E-state index is 0.0667. The summed E-state index contributed by atoms with van der Waals surface area (Å²) in [7, 11) is 1.50. The molecule has 0 radical (unpaired) electrons. The van der Waals surface area contributed by atoms with Crippen LogP contribution in [-0.2, 0) is 7.05 Å². The number of aromatic nitrogens is 2. The molecule has 0 atom stereocenters.